The first-order chi connectivity index (χ1) is 9.95. The fraction of sp³-hybridized carbons (Fsp3) is 0.294. The summed E-state index contributed by atoms with van der Waals surface area (Å²) in [6, 6.07) is 9.24. The Bertz CT molecular complexity index is 717. The Hall–Kier alpha value is -2.23. The molecule has 0 amide bonds. The quantitative estimate of drug-likeness (QED) is 0.802. The molecule has 0 radical (unpaired) electrons. The van der Waals surface area contributed by atoms with Crippen molar-refractivity contribution in [1.82, 2.24) is 4.57 Å². The number of aromatic nitrogens is 1. The lowest BCUT2D eigenvalue weighted by molar-refractivity contribution is 0.101. The van der Waals surface area contributed by atoms with E-state index in [4.69, 9.17) is 0 Å². The molecule has 1 aromatic carbocycles. The number of benzene rings is 1. The van der Waals surface area contributed by atoms with Crippen LogP contribution >= 0.6 is 0 Å². The lowest BCUT2D eigenvalue weighted by Gasteiger charge is -2.19. The second kappa shape index (κ2) is 6.04. The summed E-state index contributed by atoms with van der Waals surface area (Å²) in [6.45, 7) is 5.29. The molecule has 0 saturated heterocycles. The number of hydrogen-bond donors (Lipinski definition) is 0. The number of Topliss-reactive ketones (excluding diaryl/α,β-unsaturated/α-hetero) is 1. The van der Waals surface area contributed by atoms with Crippen molar-refractivity contribution in [1.29, 1.82) is 0 Å². The number of carbonyl (C=O) groups is 1. The van der Waals surface area contributed by atoms with Gasteiger partial charge in [0.05, 0.1) is 11.3 Å². The van der Waals surface area contributed by atoms with Gasteiger partial charge in [-0.15, -0.1) is 0 Å². The van der Waals surface area contributed by atoms with Gasteiger partial charge in [-0.25, -0.2) is 4.39 Å². The third-order valence-corrected chi connectivity index (χ3v) is 3.67. The molecule has 3 nitrogen and oxygen atoms in total. The summed E-state index contributed by atoms with van der Waals surface area (Å²) in [6.07, 6.45) is 0.759. The fourth-order valence-corrected chi connectivity index (χ4v) is 2.30. The van der Waals surface area contributed by atoms with Crippen molar-refractivity contribution in [2.45, 2.75) is 33.2 Å². The van der Waals surface area contributed by atoms with Gasteiger partial charge in [-0.1, -0.05) is 6.92 Å². The van der Waals surface area contributed by atoms with E-state index in [1.54, 1.807) is 28.8 Å². The van der Waals surface area contributed by atoms with Crippen LogP contribution in [0.3, 0.4) is 0 Å². The standard InChI is InChI=1S/C17H18FNO2/c1-4-11(2)19-16(13-5-7-14(18)8-6-13)10-9-15(12(3)20)17(19)21/h5-11H,4H2,1-3H3. The molecular formula is C17H18FNO2. The van der Waals surface area contributed by atoms with Crippen molar-refractivity contribution >= 4 is 5.78 Å². The summed E-state index contributed by atoms with van der Waals surface area (Å²) in [5.74, 6) is -0.570. The number of pyridine rings is 1. The molecular weight excluding hydrogens is 269 g/mol. The Kier molecular flexibility index (Phi) is 4.36. The van der Waals surface area contributed by atoms with Crippen LogP contribution in [0.5, 0.6) is 0 Å². The SMILES string of the molecule is CCC(C)n1c(-c2ccc(F)cc2)ccc(C(C)=O)c1=O. The van der Waals surface area contributed by atoms with Crippen molar-refractivity contribution in [2.75, 3.05) is 0 Å². The minimum Gasteiger partial charge on any atom is -0.305 e. The Morgan fingerprint density at radius 1 is 1.19 bits per heavy atom. The molecule has 0 fully saturated rings. The van der Waals surface area contributed by atoms with Crippen molar-refractivity contribution < 1.29 is 9.18 Å². The normalized spacial score (nSPS) is 12.2. The average Bonchev–Trinajstić information content (AvgIpc) is 2.46. The second-order valence-corrected chi connectivity index (χ2v) is 5.13. The highest BCUT2D eigenvalue weighted by molar-refractivity contribution is 5.94. The van der Waals surface area contributed by atoms with Gasteiger partial charge in [-0.2, -0.15) is 0 Å². The lowest BCUT2D eigenvalue weighted by atomic mass is 10.1. The number of hydrogen-bond acceptors (Lipinski definition) is 2. The smallest absolute Gasteiger partial charge is 0.262 e. The Labute approximate surface area is 123 Å². The lowest BCUT2D eigenvalue weighted by Crippen LogP contribution is -2.29. The first-order valence-corrected chi connectivity index (χ1v) is 6.98. The molecule has 0 saturated carbocycles. The predicted octanol–water partition coefficient (Wildman–Crippen LogP) is 3.83. The Morgan fingerprint density at radius 2 is 1.81 bits per heavy atom. The molecule has 21 heavy (non-hydrogen) atoms. The highest BCUT2D eigenvalue weighted by atomic mass is 19.1. The third kappa shape index (κ3) is 2.94. The summed E-state index contributed by atoms with van der Waals surface area (Å²) in [7, 11) is 0. The maximum absolute atomic E-state index is 13.1. The number of ketones is 1. The zero-order valence-corrected chi connectivity index (χ0v) is 12.4. The van der Waals surface area contributed by atoms with Crippen molar-refractivity contribution in [3.05, 3.63) is 58.1 Å². The van der Waals surface area contributed by atoms with Gasteiger partial charge >= 0.3 is 0 Å². The first-order valence-electron chi connectivity index (χ1n) is 6.98. The summed E-state index contributed by atoms with van der Waals surface area (Å²) < 4.78 is 14.7. The number of rotatable bonds is 4. The summed E-state index contributed by atoms with van der Waals surface area (Å²) >= 11 is 0. The van der Waals surface area contributed by atoms with E-state index in [-0.39, 0.29) is 28.8 Å². The van der Waals surface area contributed by atoms with E-state index in [0.717, 1.165) is 12.0 Å². The molecule has 4 heteroatoms. The van der Waals surface area contributed by atoms with Crippen LogP contribution < -0.4 is 5.56 Å². The highest BCUT2D eigenvalue weighted by Crippen LogP contribution is 2.23. The van der Waals surface area contributed by atoms with Gasteiger partial charge in [-0.3, -0.25) is 9.59 Å². The first kappa shape index (κ1) is 15.2. The molecule has 2 aromatic rings. The zero-order valence-electron chi connectivity index (χ0n) is 12.4. The molecule has 0 aliphatic heterocycles. The average molecular weight is 287 g/mol. The molecule has 1 atom stereocenters. The molecule has 0 spiro atoms. The van der Waals surface area contributed by atoms with Crippen LogP contribution in [0.15, 0.2) is 41.2 Å². The fourth-order valence-electron chi connectivity index (χ4n) is 2.30. The Balaban J connectivity index is 2.71. The van der Waals surface area contributed by atoms with Crippen LogP contribution in [0, 0.1) is 5.82 Å². The molecule has 1 unspecified atom stereocenters. The minimum absolute atomic E-state index is 0.0446. The van der Waals surface area contributed by atoms with E-state index in [9.17, 15) is 14.0 Å². The van der Waals surface area contributed by atoms with E-state index in [1.807, 2.05) is 13.8 Å². The molecule has 110 valence electrons. The topological polar surface area (TPSA) is 39.1 Å². The maximum atomic E-state index is 13.1. The summed E-state index contributed by atoms with van der Waals surface area (Å²) in [4.78, 5) is 24.1. The molecule has 0 aliphatic rings. The molecule has 1 heterocycles. The molecule has 2 rings (SSSR count). The van der Waals surface area contributed by atoms with E-state index in [0.29, 0.717) is 5.69 Å². The maximum Gasteiger partial charge on any atom is 0.262 e. The number of halogens is 1. The largest absolute Gasteiger partial charge is 0.305 e. The highest BCUT2D eigenvalue weighted by Gasteiger charge is 2.16. The van der Waals surface area contributed by atoms with Gasteiger partial charge in [0, 0.05) is 6.04 Å². The van der Waals surface area contributed by atoms with Gasteiger partial charge in [0.1, 0.15) is 5.82 Å². The van der Waals surface area contributed by atoms with Crippen LogP contribution in [-0.2, 0) is 0 Å². The number of nitrogens with zero attached hydrogens (tertiary/aromatic N) is 1. The van der Waals surface area contributed by atoms with Crippen LogP contribution in [0.1, 0.15) is 43.6 Å². The molecule has 0 N–H and O–H groups in total. The van der Waals surface area contributed by atoms with Gasteiger partial charge in [-0.05, 0) is 62.2 Å². The Morgan fingerprint density at radius 3 is 2.33 bits per heavy atom. The zero-order chi connectivity index (χ0) is 15.6. The summed E-state index contributed by atoms with van der Waals surface area (Å²) in [5.41, 5.74) is 1.34. The monoisotopic (exact) mass is 287 g/mol. The predicted molar refractivity (Wildman–Crippen MR) is 81.1 cm³/mol. The van der Waals surface area contributed by atoms with E-state index in [1.165, 1.54) is 19.1 Å². The van der Waals surface area contributed by atoms with E-state index >= 15 is 0 Å². The van der Waals surface area contributed by atoms with Crippen LogP contribution in [0.25, 0.3) is 11.3 Å². The van der Waals surface area contributed by atoms with Gasteiger partial charge in [0.25, 0.3) is 5.56 Å². The van der Waals surface area contributed by atoms with Crippen LogP contribution in [0.2, 0.25) is 0 Å². The molecule has 0 bridgehead atoms. The van der Waals surface area contributed by atoms with Crippen LogP contribution in [0.4, 0.5) is 4.39 Å². The van der Waals surface area contributed by atoms with Crippen molar-refractivity contribution in [2.24, 2.45) is 0 Å². The van der Waals surface area contributed by atoms with Gasteiger partial charge in [0.2, 0.25) is 0 Å². The van der Waals surface area contributed by atoms with E-state index < -0.39 is 0 Å². The molecule has 1 aromatic heterocycles. The van der Waals surface area contributed by atoms with Crippen LogP contribution in [-0.4, -0.2) is 10.4 Å². The van der Waals surface area contributed by atoms with Gasteiger partial charge in [0.15, 0.2) is 5.78 Å². The third-order valence-electron chi connectivity index (χ3n) is 3.67. The van der Waals surface area contributed by atoms with Crippen molar-refractivity contribution in [3.8, 4) is 11.3 Å². The second-order valence-electron chi connectivity index (χ2n) is 5.13. The van der Waals surface area contributed by atoms with Gasteiger partial charge < -0.3 is 4.57 Å². The minimum atomic E-state index is -0.323. The van der Waals surface area contributed by atoms with E-state index in [2.05, 4.69) is 0 Å². The number of carbonyl (C=O) groups excluding carboxylic acids is 1. The van der Waals surface area contributed by atoms with Crippen molar-refractivity contribution in [3.63, 3.8) is 0 Å². The molecule has 0 aliphatic carbocycles. The summed E-state index contributed by atoms with van der Waals surface area (Å²) in [5, 5.41) is 0.